The van der Waals surface area contributed by atoms with Crippen molar-refractivity contribution in [1.82, 2.24) is 19.9 Å². The van der Waals surface area contributed by atoms with Crippen LogP contribution in [0.4, 0.5) is 31.2 Å². The second-order valence-corrected chi connectivity index (χ2v) is 9.73. The number of rotatable bonds is 7. The zero-order valence-corrected chi connectivity index (χ0v) is 21.8. The Morgan fingerprint density at radius 2 is 1.63 bits per heavy atom. The first-order chi connectivity index (χ1) is 19.9. The third-order valence-corrected chi connectivity index (χ3v) is 6.86. The number of hydrogen-bond acceptors (Lipinski definition) is 9. The van der Waals surface area contributed by atoms with Crippen molar-refractivity contribution < 1.29 is 18.0 Å². The van der Waals surface area contributed by atoms with Crippen molar-refractivity contribution in [3.05, 3.63) is 109 Å². The molecule has 0 aliphatic heterocycles. The molecule has 0 bridgehead atoms. The lowest BCUT2D eigenvalue weighted by Crippen LogP contribution is -2.15. The van der Waals surface area contributed by atoms with Crippen LogP contribution >= 0.6 is 11.3 Å². The number of hydrogen-bond donors (Lipinski definition) is 3. The summed E-state index contributed by atoms with van der Waals surface area (Å²) in [7, 11) is 0. The maximum Gasteiger partial charge on any atom is 0.261 e. The number of carbonyl (C=O) groups is 1. The summed E-state index contributed by atoms with van der Waals surface area (Å²) >= 11 is 1.24. The summed E-state index contributed by atoms with van der Waals surface area (Å²) in [5, 5.41) is 6.05. The maximum absolute atomic E-state index is 14.1. The zero-order chi connectivity index (χ0) is 28.3. The third kappa shape index (κ3) is 5.49. The van der Waals surface area contributed by atoms with Crippen molar-refractivity contribution >= 4 is 39.7 Å². The molecule has 3 aromatic heterocycles. The number of oxazole rings is 1. The molecule has 6 rings (SSSR count). The predicted molar refractivity (Wildman–Crippen MR) is 153 cm³/mol. The van der Waals surface area contributed by atoms with Gasteiger partial charge in [0.15, 0.2) is 17.3 Å². The second-order valence-electron chi connectivity index (χ2n) is 8.70. The lowest BCUT2D eigenvalue weighted by atomic mass is 10.1. The Hall–Kier alpha value is -5.49. The van der Waals surface area contributed by atoms with Gasteiger partial charge in [-0.05, 0) is 42.5 Å². The first-order valence-corrected chi connectivity index (χ1v) is 13.0. The Kier molecular flexibility index (Phi) is 6.88. The number of carbonyl (C=O) groups excluding carboxylic acids is 1. The highest BCUT2D eigenvalue weighted by molar-refractivity contribution is 7.19. The van der Waals surface area contributed by atoms with E-state index in [4.69, 9.17) is 10.2 Å². The van der Waals surface area contributed by atoms with E-state index in [1.165, 1.54) is 23.8 Å². The van der Waals surface area contributed by atoms with Gasteiger partial charge in [0.1, 0.15) is 17.2 Å². The van der Waals surface area contributed by atoms with E-state index in [9.17, 15) is 13.6 Å². The standard InChI is InChI=1S/C29H19F2N7O2S/c30-20-8-3-9-21(31)24(20)27(39)35-18-6-2-5-17(13-18)25-26(41-28(32)38-25)22-10-11-34-29(37-22)36-19-7-1-4-16(12-19)23-14-33-15-40-23/h1-15H,(H2,32,38)(H,35,39)(H,34,36,37). The summed E-state index contributed by atoms with van der Waals surface area (Å²) < 4.78 is 33.6. The van der Waals surface area contributed by atoms with Gasteiger partial charge < -0.3 is 20.8 Å². The highest BCUT2D eigenvalue weighted by atomic mass is 32.1. The summed E-state index contributed by atoms with van der Waals surface area (Å²) in [6.45, 7) is 0. The Bertz CT molecular complexity index is 1860. The fourth-order valence-electron chi connectivity index (χ4n) is 4.14. The molecule has 0 saturated heterocycles. The van der Waals surface area contributed by atoms with Gasteiger partial charge in [0.05, 0.1) is 22.5 Å². The lowest BCUT2D eigenvalue weighted by molar-refractivity contribution is 0.101. The van der Waals surface area contributed by atoms with Crippen molar-refractivity contribution in [3.63, 3.8) is 0 Å². The summed E-state index contributed by atoms with van der Waals surface area (Å²) in [5.74, 6) is -1.83. The van der Waals surface area contributed by atoms with Crippen LogP contribution in [0.2, 0.25) is 0 Å². The molecule has 0 aliphatic carbocycles. The number of benzene rings is 3. The average molecular weight is 568 g/mol. The summed E-state index contributed by atoms with van der Waals surface area (Å²) in [5.41, 5.74) is 9.05. The molecular formula is C29H19F2N7O2S. The number of amides is 1. The molecule has 202 valence electrons. The molecule has 0 atom stereocenters. The molecule has 41 heavy (non-hydrogen) atoms. The second kappa shape index (κ2) is 10.9. The number of nitrogens with one attached hydrogen (secondary N) is 2. The van der Waals surface area contributed by atoms with E-state index in [2.05, 4.69) is 30.6 Å². The number of aromatic nitrogens is 4. The predicted octanol–water partition coefficient (Wildman–Crippen LogP) is 6.78. The van der Waals surface area contributed by atoms with Crippen LogP contribution in [0.1, 0.15) is 10.4 Å². The van der Waals surface area contributed by atoms with Crippen molar-refractivity contribution in [1.29, 1.82) is 0 Å². The van der Waals surface area contributed by atoms with Gasteiger partial charge in [-0.1, -0.05) is 41.7 Å². The third-order valence-electron chi connectivity index (χ3n) is 5.95. The van der Waals surface area contributed by atoms with Gasteiger partial charge in [-0.25, -0.2) is 28.7 Å². The van der Waals surface area contributed by atoms with Crippen molar-refractivity contribution in [2.24, 2.45) is 0 Å². The Labute approximate surface area is 235 Å². The highest BCUT2D eigenvalue weighted by Gasteiger charge is 2.19. The molecule has 0 radical (unpaired) electrons. The van der Waals surface area contributed by atoms with Crippen molar-refractivity contribution in [3.8, 4) is 33.2 Å². The van der Waals surface area contributed by atoms with Gasteiger partial charge in [-0.3, -0.25) is 4.79 Å². The minimum absolute atomic E-state index is 0.311. The quantitative estimate of drug-likeness (QED) is 0.192. The average Bonchev–Trinajstić information content (AvgIpc) is 3.64. The molecule has 0 spiro atoms. The zero-order valence-electron chi connectivity index (χ0n) is 21.0. The summed E-state index contributed by atoms with van der Waals surface area (Å²) in [6.07, 6.45) is 4.61. The van der Waals surface area contributed by atoms with Crippen molar-refractivity contribution in [2.75, 3.05) is 16.4 Å². The van der Waals surface area contributed by atoms with E-state index in [1.807, 2.05) is 24.3 Å². The molecule has 0 aliphatic rings. The SMILES string of the molecule is Nc1nc(-c2cccc(NC(=O)c3c(F)cccc3F)c2)c(-c2ccnc(Nc3cccc(-c4cnco4)c3)n2)s1. The molecular weight excluding hydrogens is 548 g/mol. The van der Waals surface area contributed by atoms with Crippen LogP contribution in [-0.4, -0.2) is 25.8 Å². The summed E-state index contributed by atoms with van der Waals surface area (Å²) in [4.78, 5) is 30.7. The van der Waals surface area contributed by atoms with Gasteiger partial charge in [-0.15, -0.1) is 0 Å². The fraction of sp³-hybridized carbons (Fsp3) is 0. The molecule has 12 heteroatoms. The van der Waals surface area contributed by atoms with Gasteiger partial charge in [-0.2, -0.15) is 0 Å². The van der Waals surface area contributed by atoms with Gasteiger partial charge >= 0.3 is 0 Å². The minimum Gasteiger partial charge on any atom is -0.444 e. The van der Waals surface area contributed by atoms with Crippen LogP contribution < -0.4 is 16.4 Å². The van der Waals surface area contributed by atoms with E-state index in [1.54, 1.807) is 42.7 Å². The Morgan fingerprint density at radius 1 is 0.902 bits per heavy atom. The highest BCUT2D eigenvalue weighted by Crippen LogP contribution is 2.38. The normalized spacial score (nSPS) is 10.9. The molecule has 0 saturated carbocycles. The van der Waals surface area contributed by atoms with Crippen LogP contribution in [0.15, 0.2) is 96.0 Å². The number of nitrogen functional groups attached to an aromatic ring is 1. The molecule has 0 fully saturated rings. The van der Waals surface area contributed by atoms with Crippen molar-refractivity contribution in [2.45, 2.75) is 0 Å². The van der Waals surface area contributed by atoms with E-state index >= 15 is 0 Å². The molecule has 0 unspecified atom stereocenters. The number of nitrogens with zero attached hydrogens (tertiary/aromatic N) is 4. The van der Waals surface area contributed by atoms with Crippen LogP contribution in [0, 0.1) is 11.6 Å². The Balaban J connectivity index is 1.28. The maximum atomic E-state index is 14.1. The van der Waals surface area contributed by atoms with Crippen LogP contribution in [-0.2, 0) is 0 Å². The molecule has 1 amide bonds. The number of anilines is 4. The molecule has 4 N–H and O–H groups in total. The molecule has 6 aromatic rings. The monoisotopic (exact) mass is 567 g/mol. The summed E-state index contributed by atoms with van der Waals surface area (Å²) in [6, 6.07) is 19.2. The topological polar surface area (TPSA) is 132 Å². The first kappa shape index (κ1) is 25.8. The first-order valence-electron chi connectivity index (χ1n) is 12.2. The molecule has 3 heterocycles. The number of thiazole rings is 1. The Morgan fingerprint density at radius 3 is 2.41 bits per heavy atom. The largest absolute Gasteiger partial charge is 0.444 e. The lowest BCUT2D eigenvalue weighted by Gasteiger charge is -2.10. The number of halogens is 2. The van der Waals surface area contributed by atoms with E-state index in [0.717, 1.165) is 23.4 Å². The smallest absolute Gasteiger partial charge is 0.261 e. The van der Waals surface area contributed by atoms with Crippen LogP contribution in [0.3, 0.4) is 0 Å². The van der Waals surface area contributed by atoms with Gasteiger partial charge in [0.25, 0.3) is 5.91 Å². The van der Waals surface area contributed by atoms with Crippen LogP contribution in [0.25, 0.3) is 33.2 Å². The fourth-order valence-corrected chi connectivity index (χ4v) is 4.97. The molecule has 3 aromatic carbocycles. The van der Waals surface area contributed by atoms with Gasteiger partial charge in [0, 0.05) is 28.7 Å². The van der Waals surface area contributed by atoms with E-state index < -0.39 is 23.1 Å². The molecule has 9 nitrogen and oxygen atoms in total. The number of nitrogens with two attached hydrogens (primary N) is 1. The van der Waals surface area contributed by atoms with Crippen LogP contribution in [0.5, 0.6) is 0 Å². The minimum atomic E-state index is -0.953. The van der Waals surface area contributed by atoms with E-state index in [-0.39, 0.29) is 0 Å². The van der Waals surface area contributed by atoms with Gasteiger partial charge in [0.2, 0.25) is 5.95 Å². The van der Waals surface area contributed by atoms with E-state index in [0.29, 0.717) is 44.4 Å².